The van der Waals surface area contributed by atoms with E-state index in [1.165, 1.54) is 41.7 Å². The van der Waals surface area contributed by atoms with Gasteiger partial charge >= 0.3 is 0 Å². The molecule has 0 spiro atoms. The number of rotatable bonds is 8. The Balaban J connectivity index is 1.69. The van der Waals surface area contributed by atoms with Gasteiger partial charge in [-0.25, -0.2) is 0 Å². The average molecular weight is 416 g/mol. The van der Waals surface area contributed by atoms with Crippen LogP contribution in [0, 0.1) is 11.8 Å². The standard InChI is InChI=1S/C28H37N3/c1-4-12-23-20-25(19-22-13-7-5-8-14-22)27-26(21-23)28(24-15-9-6-10-16-24)31(29-27)18-11-17-30(2)3/h5-10,13-16,19,23,26,28H,4,11-12,17-18,20-21H2,1-3H3/b25-19-. The van der Waals surface area contributed by atoms with Crippen molar-refractivity contribution in [3.8, 4) is 0 Å². The third-order valence-corrected chi connectivity index (χ3v) is 6.69. The molecule has 31 heavy (non-hydrogen) atoms. The summed E-state index contributed by atoms with van der Waals surface area (Å²) in [5.74, 6) is 1.24. The van der Waals surface area contributed by atoms with E-state index in [0.29, 0.717) is 12.0 Å². The van der Waals surface area contributed by atoms with E-state index in [0.717, 1.165) is 31.8 Å². The maximum absolute atomic E-state index is 5.30. The van der Waals surface area contributed by atoms with Gasteiger partial charge in [0.25, 0.3) is 0 Å². The second-order valence-electron chi connectivity index (χ2n) is 9.44. The second kappa shape index (κ2) is 10.3. The first kappa shape index (κ1) is 21.8. The zero-order chi connectivity index (χ0) is 21.6. The van der Waals surface area contributed by atoms with Crippen LogP contribution in [0.2, 0.25) is 0 Å². The molecule has 4 rings (SSSR count). The molecule has 3 atom stereocenters. The summed E-state index contributed by atoms with van der Waals surface area (Å²) < 4.78 is 0. The van der Waals surface area contributed by atoms with Crippen molar-refractivity contribution in [2.24, 2.45) is 16.9 Å². The highest BCUT2D eigenvalue weighted by Gasteiger charge is 2.43. The second-order valence-corrected chi connectivity index (χ2v) is 9.44. The Morgan fingerprint density at radius 3 is 2.42 bits per heavy atom. The highest BCUT2D eigenvalue weighted by molar-refractivity contribution is 6.07. The molecule has 0 saturated heterocycles. The Hall–Kier alpha value is -2.39. The number of hydrazone groups is 1. The van der Waals surface area contributed by atoms with Gasteiger partial charge in [-0.05, 0) is 68.6 Å². The fraction of sp³-hybridized carbons (Fsp3) is 0.464. The topological polar surface area (TPSA) is 18.8 Å². The summed E-state index contributed by atoms with van der Waals surface area (Å²) in [5.41, 5.74) is 5.50. The molecule has 1 heterocycles. The van der Waals surface area contributed by atoms with Crippen LogP contribution in [0.1, 0.15) is 56.2 Å². The van der Waals surface area contributed by atoms with Gasteiger partial charge in [0, 0.05) is 12.5 Å². The zero-order valence-corrected chi connectivity index (χ0v) is 19.4. The number of allylic oxidation sites excluding steroid dienone is 1. The molecule has 1 aliphatic carbocycles. The van der Waals surface area contributed by atoms with Crippen LogP contribution in [0.4, 0.5) is 0 Å². The summed E-state index contributed by atoms with van der Waals surface area (Å²) in [6.45, 7) is 4.43. The van der Waals surface area contributed by atoms with Gasteiger partial charge in [0.2, 0.25) is 0 Å². The summed E-state index contributed by atoms with van der Waals surface area (Å²) in [7, 11) is 4.31. The normalized spacial score (nSPS) is 24.5. The van der Waals surface area contributed by atoms with Gasteiger partial charge in [0.05, 0.1) is 11.8 Å². The quantitative estimate of drug-likeness (QED) is 0.507. The molecule has 2 aromatic carbocycles. The molecular weight excluding hydrogens is 378 g/mol. The molecule has 0 radical (unpaired) electrons. The minimum absolute atomic E-state index is 0.359. The van der Waals surface area contributed by atoms with Gasteiger partial charge in [0.15, 0.2) is 0 Å². The van der Waals surface area contributed by atoms with Gasteiger partial charge in [-0.3, -0.25) is 5.01 Å². The molecule has 1 aliphatic heterocycles. The molecule has 3 heteroatoms. The van der Waals surface area contributed by atoms with Crippen molar-refractivity contribution in [2.45, 2.75) is 45.1 Å². The van der Waals surface area contributed by atoms with E-state index in [2.05, 4.69) is 97.7 Å². The maximum atomic E-state index is 5.30. The lowest BCUT2D eigenvalue weighted by Crippen LogP contribution is -2.32. The van der Waals surface area contributed by atoms with Crippen molar-refractivity contribution in [1.82, 2.24) is 9.91 Å². The Bertz CT molecular complexity index is 885. The lowest BCUT2D eigenvalue weighted by Gasteiger charge is -2.34. The van der Waals surface area contributed by atoms with Crippen molar-refractivity contribution in [3.63, 3.8) is 0 Å². The number of hydrogen-bond acceptors (Lipinski definition) is 3. The Morgan fingerprint density at radius 1 is 1.03 bits per heavy atom. The number of fused-ring (bicyclic) bond motifs is 1. The molecule has 2 aliphatic rings. The highest BCUT2D eigenvalue weighted by Crippen LogP contribution is 2.47. The first-order chi connectivity index (χ1) is 15.2. The van der Waals surface area contributed by atoms with E-state index in [-0.39, 0.29) is 0 Å². The molecule has 164 valence electrons. The van der Waals surface area contributed by atoms with Crippen molar-refractivity contribution in [3.05, 3.63) is 77.4 Å². The first-order valence-corrected chi connectivity index (χ1v) is 12.0. The molecule has 0 N–H and O–H groups in total. The molecule has 3 nitrogen and oxygen atoms in total. The van der Waals surface area contributed by atoms with Crippen LogP contribution in [-0.4, -0.2) is 42.8 Å². The van der Waals surface area contributed by atoms with Gasteiger partial charge in [-0.15, -0.1) is 0 Å². The number of nitrogens with zero attached hydrogens (tertiary/aromatic N) is 3. The van der Waals surface area contributed by atoms with E-state index in [1.807, 2.05) is 0 Å². The smallest absolute Gasteiger partial charge is 0.0804 e. The molecule has 0 amide bonds. The van der Waals surface area contributed by atoms with E-state index in [4.69, 9.17) is 5.10 Å². The van der Waals surface area contributed by atoms with Crippen LogP contribution in [0.3, 0.4) is 0 Å². The van der Waals surface area contributed by atoms with E-state index < -0.39 is 0 Å². The fourth-order valence-electron chi connectivity index (χ4n) is 5.34. The van der Waals surface area contributed by atoms with Gasteiger partial charge in [-0.1, -0.05) is 80.4 Å². The van der Waals surface area contributed by atoms with Crippen molar-refractivity contribution in [2.75, 3.05) is 27.2 Å². The molecule has 1 saturated carbocycles. The van der Waals surface area contributed by atoms with Crippen molar-refractivity contribution < 1.29 is 0 Å². The van der Waals surface area contributed by atoms with Crippen molar-refractivity contribution >= 4 is 11.8 Å². The highest BCUT2D eigenvalue weighted by atomic mass is 15.5. The average Bonchev–Trinajstić information content (AvgIpc) is 3.13. The largest absolute Gasteiger partial charge is 0.309 e. The zero-order valence-electron chi connectivity index (χ0n) is 19.4. The fourth-order valence-corrected chi connectivity index (χ4v) is 5.34. The van der Waals surface area contributed by atoms with E-state index in [9.17, 15) is 0 Å². The molecule has 0 bridgehead atoms. The van der Waals surface area contributed by atoms with Crippen LogP contribution in [0.15, 0.2) is 71.3 Å². The van der Waals surface area contributed by atoms with E-state index >= 15 is 0 Å². The van der Waals surface area contributed by atoms with Gasteiger partial charge in [0.1, 0.15) is 0 Å². The Labute approximate surface area is 188 Å². The minimum atomic E-state index is 0.359. The van der Waals surface area contributed by atoms with Crippen molar-refractivity contribution in [1.29, 1.82) is 0 Å². The van der Waals surface area contributed by atoms with Gasteiger partial charge in [-0.2, -0.15) is 5.10 Å². The minimum Gasteiger partial charge on any atom is -0.309 e. The lowest BCUT2D eigenvalue weighted by atomic mass is 9.71. The van der Waals surface area contributed by atoms with Crippen LogP contribution in [0.25, 0.3) is 6.08 Å². The predicted octanol–water partition coefficient (Wildman–Crippen LogP) is 6.26. The maximum Gasteiger partial charge on any atom is 0.0804 e. The SMILES string of the molecule is CCCC1C/C(=C/c2ccccc2)C2=NN(CCCN(C)C)C(c3ccccc3)C2C1. The Morgan fingerprint density at radius 2 is 1.74 bits per heavy atom. The summed E-state index contributed by atoms with van der Waals surface area (Å²) >= 11 is 0. The Kier molecular flexibility index (Phi) is 7.24. The van der Waals surface area contributed by atoms with E-state index in [1.54, 1.807) is 0 Å². The summed E-state index contributed by atoms with van der Waals surface area (Å²) in [4.78, 5) is 2.27. The lowest BCUT2D eigenvalue weighted by molar-refractivity contribution is 0.178. The van der Waals surface area contributed by atoms with Crippen LogP contribution < -0.4 is 0 Å². The van der Waals surface area contributed by atoms with Crippen LogP contribution in [-0.2, 0) is 0 Å². The summed E-state index contributed by atoms with van der Waals surface area (Å²) in [6.07, 6.45) is 8.51. The summed E-state index contributed by atoms with van der Waals surface area (Å²) in [6, 6.07) is 22.2. The molecule has 2 aromatic rings. The van der Waals surface area contributed by atoms with Crippen LogP contribution in [0.5, 0.6) is 0 Å². The summed E-state index contributed by atoms with van der Waals surface area (Å²) in [5, 5.41) is 7.71. The van der Waals surface area contributed by atoms with Crippen LogP contribution >= 0.6 is 0 Å². The monoisotopic (exact) mass is 415 g/mol. The molecular formula is C28H37N3. The van der Waals surface area contributed by atoms with Gasteiger partial charge < -0.3 is 4.90 Å². The molecule has 3 unspecified atom stereocenters. The molecule has 1 fully saturated rings. The molecule has 0 aromatic heterocycles. The third kappa shape index (κ3) is 5.27. The number of benzene rings is 2. The number of hydrogen-bond donors (Lipinski definition) is 0. The third-order valence-electron chi connectivity index (χ3n) is 6.69. The predicted molar refractivity (Wildman–Crippen MR) is 132 cm³/mol. The first-order valence-electron chi connectivity index (χ1n) is 12.0.